The molecule has 4 atom stereocenters. The first-order valence-electron chi connectivity index (χ1n) is 12.7. The summed E-state index contributed by atoms with van der Waals surface area (Å²) >= 11 is 0. The average Bonchev–Trinajstić information content (AvgIpc) is 3.26. The van der Waals surface area contributed by atoms with Crippen LogP contribution in [0, 0.1) is 11.6 Å². The van der Waals surface area contributed by atoms with Gasteiger partial charge in [-0.15, -0.1) is 0 Å². The highest BCUT2D eigenvalue weighted by Gasteiger charge is 2.48. The van der Waals surface area contributed by atoms with Gasteiger partial charge in [-0.2, -0.15) is 26.3 Å². The molecule has 0 radical (unpaired) electrons. The quantitative estimate of drug-likeness (QED) is 0.287. The summed E-state index contributed by atoms with van der Waals surface area (Å²) in [6.45, 7) is 1.35. The standard InChI is InChI=1S/C30H23F8NO2/c1-16(19-10-21(29(33,34)35)14-22(11-19)30(36,37)38)41-26-15-39-25(28(26)18-4-8-24(32)9-5-18)12-20(13-27(39)40)17-2-6-23(31)7-3-17/h2-11,13-14,16,25-26,28H,12,15H2,1H3/t16?,25-,26-,28?/m0/s1. The fourth-order valence-electron chi connectivity index (χ4n) is 5.56. The maximum absolute atomic E-state index is 13.8. The number of benzene rings is 3. The molecule has 41 heavy (non-hydrogen) atoms. The number of hydrogen-bond acceptors (Lipinski definition) is 2. The van der Waals surface area contributed by atoms with Crippen LogP contribution >= 0.6 is 0 Å². The summed E-state index contributed by atoms with van der Waals surface area (Å²) in [7, 11) is 0. The summed E-state index contributed by atoms with van der Waals surface area (Å²) in [5, 5.41) is 0. The second kappa shape index (κ2) is 10.6. The smallest absolute Gasteiger partial charge is 0.368 e. The molecule has 0 bridgehead atoms. The predicted octanol–water partition coefficient (Wildman–Crippen LogP) is 7.93. The summed E-state index contributed by atoms with van der Waals surface area (Å²) in [4.78, 5) is 14.7. The van der Waals surface area contributed by atoms with Gasteiger partial charge in [-0.3, -0.25) is 4.79 Å². The number of rotatable bonds is 5. The molecule has 2 aliphatic rings. The summed E-state index contributed by atoms with van der Waals surface area (Å²) in [6, 6.07) is 11.8. The number of hydrogen-bond donors (Lipinski definition) is 0. The summed E-state index contributed by atoms with van der Waals surface area (Å²) in [5.41, 5.74) is -1.40. The van der Waals surface area contributed by atoms with E-state index in [0.717, 1.165) is 0 Å². The molecule has 0 N–H and O–H groups in total. The van der Waals surface area contributed by atoms with Crippen LogP contribution in [-0.4, -0.2) is 29.5 Å². The SMILES string of the molecule is CC(O[C@H]1CN2C(=O)C=C(c3ccc(F)cc3)C[C@H]2C1c1ccc(F)cc1)c1cc(C(F)(F)F)cc(C(F)(F)F)c1. The Bertz CT molecular complexity index is 1430. The molecule has 3 nitrogen and oxygen atoms in total. The van der Waals surface area contributed by atoms with E-state index in [1.54, 1.807) is 0 Å². The van der Waals surface area contributed by atoms with Crippen LogP contribution in [0.3, 0.4) is 0 Å². The zero-order chi connectivity index (χ0) is 29.7. The van der Waals surface area contributed by atoms with Crippen LogP contribution in [0.1, 0.15) is 53.2 Å². The third-order valence-corrected chi connectivity index (χ3v) is 7.53. The van der Waals surface area contributed by atoms with Gasteiger partial charge in [0.2, 0.25) is 5.91 Å². The molecule has 216 valence electrons. The van der Waals surface area contributed by atoms with Crippen LogP contribution in [0.2, 0.25) is 0 Å². The number of carbonyl (C=O) groups excluding carboxylic acids is 1. The minimum absolute atomic E-state index is 0.00811. The zero-order valence-electron chi connectivity index (χ0n) is 21.4. The van der Waals surface area contributed by atoms with Crippen molar-refractivity contribution in [2.75, 3.05) is 6.54 Å². The predicted molar refractivity (Wildman–Crippen MR) is 133 cm³/mol. The number of fused-ring (bicyclic) bond motifs is 1. The lowest BCUT2D eigenvalue weighted by molar-refractivity contribution is -0.143. The summed E-state index contributed by atoms with van der Waals surface area (Å²) in [5.74, 6) is -1.91. The zero-order valence-corrected chi connectivity index (χ0v) is 21.4. The number of nitrogens with zero attached hydrogens (tertiary/aromatic N) is 1. The van der Waals surface area contributed by atoms with Gasteiger partial charge in [0, 0.05) is 24.6 Å². The van der Waals surface area contributed by atoms with Gasteiger partial charge in [-0.05, 0) is 78.1 Å². The Morgan fingerprint density at radius 1 is 0.829 bits per heavy atom. The highest BCUT2D eigenvalue weighted by Crippen LogP contribution is 2.45. The van der Waals surface area contributed by atoms with Crippen molar-refractivity contribution in [1.82, 2.24) is 4.90 Å². The third kappa shape index (κ3) is 6.00. The molecule has 2 aliphatic heterocycles. The fourth-order valence-corrected chi connectivity index (χ4v) is 5.56. The van der Waals surface area contributed by atoms with Crippen LogP contribution < -0.4 is 0 Å². The topological polar surface area (TPSA) is 29.5 Å². The Kier molecular flexibility index (Phi) is 7.44. The maximum atomic E-state index is 13.8. The largest absolute Gasteiger partial charge is 0.416 e. The lowest BCUT2D eigenvalue weighted by atomic mass is 9.83. The van der Waals surface area contributed by atoms with E-state index in [1.807, 2.05) is 0 Å². The normalized spacial score (nSPS) is 22.0. The number of carbonyl (C=O) groups is 1. The Balaban J connectivity index is 1.49. The van der Waals surface area contributed by atoms with Crippen molar-refractivity contribution in [2.24, 2.45) is 0 Å². The van der Waals surface area contributed by atoms with Crippen LogP contribution in [0.15, 0.2) is 72.8 Å². The van der Waals surface area contributed by atoms with E-state index in [2.05, 4.69) is 0 Å². The molecule has 0 aliphatic carbocycles. The lowest BCUT2D eigenvalue weighted by Crippen LogP contribution is -2.39. The molecule has 5 rings (SSSR count). The highest BCUT2D eigenvalue weighted by molar-refractivity contribution is 5.97. The van der Waals surface area contributed by atoms with Crippen LogP contribution in [0.5, 0.6) is 0 Å². The van der Waals surface area contributed by atoms with Gasteiger partial charge in [0.1, 0.15) is 11.6 Å². The van der Waals surface area contributed by atoms with E-state index < -0.39 is 59.3 Å². The van der Waals surface area contributed by atoms with Crippen LogP contribution in [0.4, 0.5) is 35.1 Å². The monoisotopic (exact) mass is 581 g/mol. The second-order valence-electron chi connectivity index (χ2n) is 10.2. The molecular weight excluding hydrogens is 558 g/mol. The maximum Gasteiger partial charge on any atom is 0.416 e. The first-order chi connectivity index (χ1) is 19.2. The Morgan fingerprint density at radius 2 is 1.37 bits per heavy atom. The Labute approximate surface area is 230 Å². The van der Waals surface area contributed by atoms with Crippen LogP contribution in [0.25, 0.3) is 5.57 Å². The van der Waals surface area contributed by atoms with E-state index in [4.69, 9.17) is 4.74 Å². The summed E-state index contributed by atoms with van der Waals surface area (Å²) in [6.07, 6.45) is -10.4. The van der Waals surface area contributed by atoms with E-state index in [1.165, 1.54) is 66.4 Å². The van der Waals surface area contributed by atoms with Gasteiger partial charge in [0.15, 0.2) is 0 Å². The van der Waals surface area contributed by atoms with Gasteiger partial charge in [0.25, 0.3) is 0 Å². The van der Waals surface area contributed by atoms with E-state index in [0.29, 0.717) is 35.3 Å². The van der Waals surface area contributed by atoms with E-state index in [9.17, 15) is 39.9 Å². The van der Waals surface area contributed by atoms with Crippen molar-refractivity contribution < 1.29 is 44.7 Å². The van der Waals surface area contributed by atoms with Crippen molar-refractivity contribution >= 4 is 11.5 Å². The molecule has 1 amide bonds. The molecule has 2 heterocycles. The number of alkyl halides is 6. The molecular formula is C30H23F8NO2. The fraction of sp³-hybridized carbons (Fsp3) is 0.300. The number of ether oxygens (including phenoxy) is 1. The van der Waals surface area contributed by atoms with Crippen molar-refractivity contribution in [3.05, 3.63) is 112 Å². The second-order valence-corrected chi connectivity index (χ2v) is 10.2. The Morgan fingerprint density at radius 3 is 1.90 bits per heavy atom. The molecule has 2 unspecified atom stereocenters. The van der Waals surface area contributed by atoms with Gasteiger partial charge in [-0.1, -0.05) is 24.3 Å². The van der Waals surface area contributed by atoms with Crippen molar-refractivity contribution in [2.45, 2.75) is 49.9 Å². The highest BCUT2D eigenvalue weighted by atomic mass is 19.4. The van der Waals surface area contributed by atoms with Gasteiger partial charge < -0.3 is 9.64 Å². The first kappa shape index (κ1) is 28.8. The summed E-state index contributed by atoms with van der Waals surface area (Å²) < 4.78 is 114. The lowest BCUT2D eigenvalue weighted by Gasteiger charge is -2.33. The molecule has 0 saturated carbocycles. The minimum atomic E-state index is -5.02. The molecule has 1 saturated heterocycles. The molecule has 11 heteroatoms. The Hall–Kier alpha value is -3.73. The molecule has 3 aromatic rings. The van der Waals surface area contributed by atoms with Crippen molar-refractivity contribution in [3.63, 3.8) is 0 Å². The molecule has 0 aromatic heterocycles. The van der Waals surface area contributed by atoms with Gasteiger partial charge >= 0.3 is 12.4 Å². The van der Waals surface area contributed by atoms with E-state index in [-0.39, 0.29) is 24.1 Å². The molecule has 3 aromatic carbocycles. The molecule has 1 fully saturated rings. The number of amides is 1. The van der Waals surface area contributed by atoms with Crippen molar-refractivity contribution in [3.8, 4) is 0 Å². The molecule has 0 spiro atoms. The van der Waals surface area contributed by atoms with E-state index >= 15 is 0 Å². The van der Waals surface area contributed by atoms with Gasteiger partial charge in [-0.25, -0.2) is 8.78 Å². The number of halogens is 8. The average molecular weight is 582 g/mol. The van der Waals surface area contributed by atoms with Crippen LogP contribution in [-0.2, 0) is 21.9 Å². The first-order valence-corrected chi connectivity index (χ1v) is 12.7. The minimum Gasteiger partial charge on any atom is -0.368 e. The van der Waals surface area contributed by atoms with Crippen molar-refractivity contribution in [1.29, 1.82) is 0 Å². The third-order valence-electron chi connectivity index (χ3n) is 7.53. The van der Waals surface area contributed by atoms with Gasteiger partial charge in [0.05, 0.1) is 23.3 Å².